The lowest BCUT2D eigenvalue weighted by molar-refractivity contribution is 0.673. The number of aromatic nitrogens is 4. The quantitative estimate of drug-likeness (QED) is 0.787. The molecule has 20 heavy (non-hydrogen) atoms. The van der Waals surface area contributed by atoms with Crippen molar-refractivity contribution in [3.63, 3.8) is 0 Å². The van der Waals surface area contributed by atoms with Crippen molar-refractivity contribution in [1.82, 2.24) is 19.3 Å². The molecule has 6 nitrogen and oxygen atoms in total. The van der Waals surface area contributed by atoms with E-state index >= 15 is 0 Å². The Kier molecular flexibility index (Phi) is 2.93. The molecule has 0 saturated heterocycles. The number of pyridine rings is 2. The van der Waals surface area contributed by atoms with Gasteiger partial charge in [-0.2, -0.15) is 5.10 Å². The SMILES string of the molecule is CCCn1c(=O)c2c(N)nn(CC)c2c2cccnc21. The molecule has 0 unspecified atom stereocenters. The summed E-state index contributed by atoms with van der Waals surface area (Å²) in [4.78, 5) is 17.0. The van der Waals surface area contributed by atoms with Gasteiger partial charge in [0, 0.05) is 24.7 Å². The highest BCUT2D eigenvalue weighted by molar-refractivity contribution is 6.05. The zero-order valence-electron chi connectivity index (χ0n) is 11.6. The molecule has 2 N–H and O–H groups in total. The summed E-state index contributed by atoms with van der Waals surface area (Å²) in [6.45, 7) is 5.30. The average molecular weight is 271 g/mol. The van der Waals surface area contributed by atoms with Crippen molar-refractivity contribution in [2.75, 3.05) is 5.73 Å². The van der Waals surface area contributed by atoms with Crippen molar-refractivity contribution in [3.8, 4) is 0 Å². The minimum Gasteiger partial charge on any atom is -0.382 e. The van der Waals surface area contributed by atoms with Gasteiger partial charge in [0.2, 0.25) is 0 Å². The van der Waals surface area contributed by atoms with Gasteiger partial charge in [-0.3, -0.25) is 14.0 Å². The second kappa shape index (κ2) is 4.63. The summed E-state index contributed by atoms with van der Waals surface area (Å²) in [5, 5.41) is 5.69. The van der Waals surface area contributed by atoms with Crippen LogP contribution >= 0.6 is 0 Å². The zero-order chi connectivity index (χ0) is 14.3. The third-order valence-electron chi connectivity index (χ3n) is 3.48. The van der Waals surface area contributed by atoms with Gasteiger partial charge in [-0.15, -0.1) is 0 Å². The van der Waals surface area contributed by atoms with Crippen molar-refractivity contribution >= 4 is 27.8 Å². The number of nitrogens with two attached hydrogens (primary N) is 1. The Morgan fingerprint density at radius 3 is 2.85 bits per heavy atom. The summed E-state index contributed by atoms with van der Waals surface area (Å²) in [6, 6.07) is 3.83. The molecule has 3 aromatic heterocycles. The Bertz CT molecular complexity index is 846. The lowest BCUT2D eigenvalue weighted by atomic mass is 10.2. The molecule has 0 aromatic carbocycles. The molecule has 3 rings (SSSR count). The van der Waals surface area contributed by atoms with E-state index in [1.807, 2.05) is 26.0 Å². The lowest BCUT2D eigenvalue weighted by Gasteiger charge is -2.10. The van der Waals surface area contributed by atoms with Gasteiger partial charge >= 0.3 is 0 Å². The van der Waals surface area contributed by atoms with E-state index in [-0.39, 0.29) is 5.56 Å². The summed E-state index contributed by atoms with van der Waals surface area (Å²) in [5.74, 6) is 0.294. The Hall–Kier alpha value is -2.37. The predicted octanol–water partition coefficient (Wildman–Crippen LogP) is 1.76. The average Bonchev–Trinajstić information content (AvgIpc) is 2.80. The molecule has 0 saturated carbocycles. The monoisotopic (exact) mass is 271 g/mol. The number of fused-ring (bicyclic) bond motifs is 3. The third kappa shape index (κ3) is 1.61. The molecule has 0 spiro atoms. The lowest BCUT2D eigenvalue weighted by Crippen LogP contribution is -2.22. The zero-order valence-corrected chi connectivity index (χ0v) is 11.6. The van der Waals surface area contributed by atoms with Gasteiger partial charge in [0.1, 0.15) is 11.0 Å². The molecular formula is C14H17N5O. The largest absolute Gasteiger partial charge is 0.382 e. The molecule has 0 aliphatic heterocycles. The molecule has 0 atom stereocenters. The predicted molar refractivity (Wildman–Crippen MR) is 79.7 cm³/mol. The van der Waals surface area contributed by atoms with Crippen LogP contribution in [0, 0.1) is 0 Å². The highest BCUT2D eigenvalue weighted by atomic mass is 16.1. The van der Waals surface area contributed by atoms with Gasteiger partial charge < -0.3 is 5.73 Å². The van der Waals surface area contributed by atoms with Crippen LogP contribution in [0.25, 0.3) is 21.9 Å². The van der Waals surface area contributed by atoms with Crippen LogP contribution in [0.15, 0.2) is 23.1 Å². The number of hydrogen-bond acceptors (Lipinski definition) is 4. The second-order valence-electron chi connectivity index (χ2n) is 4.76. The first-order valence-electron chi connectivity index (χ1n) is 6.82. The summed E-state index contributed by atoms with van der Waals surface area (Å²) >= 11 is 0. The molecule has 0 aliphatic rings. The summed E-state index contributed by atoms with van der Waals surface area (Å²) in [5.41, 5.74) is 7.32. The minimum absolute atomic E-state index is 0.106. The Labute approximate surface area is 115 Å². The molecule has 0 fully saturated rings. The van der Waals surface area contributed by atoms with E-state index in [2.05, 4.69) is 10.1 Å². The molecular weight excluding hydrogens is 254 g/mol. The fourth-order valence-electron chi connectivity index (χ4n) is 2.65. The summed E-state index contributed by atoms with van der Waals surface area (Å²) < 4.78 is 3.46. The van der Waals surface area contributed by atoms with Crippen LogP contribution in [-0.2, 0) is 13.1 Å². The maximum Gasteiger partial charge on any atom is 0.265 e. The minimum atomic E-state index is -0.106. The Morgan fingerprint density at radius 2 is 2.15 bits per heavy atom. The topological polar surface area (TPSA) is 78.7 Å². The van der Waals surface area contributed by atoms with Crippen LogP contribution in [0.4, 0.5) is 5.82 Å². The smallest absolute Gasteiger partial charge is 0.265 e. The molecule has 0 radical (unpaired) electrons. The van der Waals surface area contributed by atoms with Gasteiger partial charge in [-0.05, 0) is 25.5 Å². The molecule has 3 aromatic rings. The number of nitrogens with zero attached hydrogens (tertiary/aromatic N) is 4. The van der Waals surface area contributed by atoms with Crippen LogP contribution in [0.3, 0.4) is 0 Å². The fourth-order valence-corrected chi connectivity index (χ4v) is 2.65. The van der Waals surface area contributed by atoms with E-state index in [1.165, 1.54) is 0 Å². The van der Waals surface area contributed by atoms with Crippen LogP contribution < -0.4 is 11.3 Å². The maximum absolute atomic E-state index is 12.7. The van der Waals surface area contributed by atoms with Crippen molar-refractivity contribution in [2.45, 2.75) is 33.4 Å². The highest BCUT2D eigenvalue weighted by Crippen LogP contribution is 2.25. The Morgan fingerprint density at radius 1 is 1.35 bits per heavy atom. The first-order valence-corrected chi connectivity index (χ1v) is 6.82. The van der Waals surface area contributed by atoms with E-state index in [0.717, 1.165) is 17.3 Å². The first-order chi connectivity index (χ1) is 9.69. The Balaban J connectivity index is 2.60. The normalized spacial score (nSPS) is 11.5. The van der Waals surface area contributed by atoms with Crippen molar-refractivity contribution in [2.24, 2.45) is 0 Å². The highest BCUT2D eigenvalue weighted by Gasteiger charge is 2.18. The van der Waals surface area contributed by atoms with Gasteiger partial charge in [-0.25, -0.2) is 4.98 Å². The summed E-state index contributed by atoms with van der Waals surface area (Å²) in [7, 11) is 0. The fraction of sp³-hybridized carbons (Fsp3) is 0.357. The molecule has 6 heteroatoms. The maximum atomic E-state index is 12.7. The van der Waals surface area contributed by atoms with E-state index in [4.69, 9.17) is 5.73 Å². The van der Waals surface area contributed by atoms with E-state index in [0.29, 0.717) is 29.9 Å². The molecule has 0 amide bonds. The number of rotatable bonds is 3. The van der Waals surface area contributed by atoms with Crippen molar-refractivity contribution in [1.29, 1.82) is 0 Å². The van der Waals surface area contributed by atoms with Crippen LogP contribution in [-0.4, -0.2) is 19.3 Å². The first kappa shape index (κ1) is 12.7. The number of aryl methyl sites for hydroxylation is 2. The van der Waals surface area contributed by atoms with Crippen LogP contribution in [0.1, 0.15) is 20.3 Å². The second-order valence-corrected chi connectivity index (χ2v) is 4.76. The van der Waals surface area contributed by atoms with E-state index in [9.17, 15) is 4.79 Å². The molecule has 0 aliphatic carbocycles. The standard InChI is InChI=1S/C14H17N5O/c1-3-8-18-13-9(6-5-7-16-13)11-10(14(18)20)12(15)17-19(11)4-2/h5-7H,3-4,8H2,1-2H3,(H2,15,17). The van der Waals surface area contributed by atoms with Crippen molar-refractivity contribution < 1.29 is 0 Å². The van der Waals surface area contributed by atoms with Gasteiger partial charge in [0.05, 0.1) is 5.52 Å². The molecule has 104 valence electrons. The van der Waals surface area contributed by atoms with Crippen molar-refractivity contribution in [3.05, 3.63) is 28.7 Å². The van der Waals surface area contributed by atoms with Crippen LogP contribution in [0.5, 0.6) is 0 Å². The van der Waals surface area contributed by atoms with Gasteiger partial charge in [0.15, 0.2) is 5.82 Å². The molecule has 0 bridgehead atoms. The van der Waals surface area contributed by atoms with E-state index in [1.54, 1.807) is 15.4 Å². The van der Waals surface area contributed by atoms with Crippen LogP contribution in [0.2, 0.25) is 0 Å². The van der Waals surface area contributed by atoms with E-state index < -0.39 is 0 Å². The van der Waals surface area contributed by atoms with Gasteiger partial charge in [-0.1, -0.05) is 6.92 Å². The third-order valence-corrected chi connectivity index (χ3v) is 3.48. The number of hydrogen-bond donors (Lipinski definition) is 1. The number of anilines is 1. The summed E-state index contributed by atoms with van der Waals surface area (Å²) in [6.07, 6.45) is 2.56. The van der Waals surface area contributed by atoms with Gasteiger partial charge in [0.25, 0.3) is 5.56 Å². The number of nitrogen functional groups attached to an aromatic ring is 1. The molecule has 3 heterocycles.